The number of carbonyl (C=O) groups excluding carboxylic acids is 1. The number of hydrogen-bond donors (Lipinski definition) is 0. The van der Waals surface area contributed by atoms with Crippen LogP contribution in [0, 0.1) is 6.92 Å². The minimum atomic E-state index is 0.137. The Morgan fingerprint density at radius 2 is 1.85 bits per heavy atom. The van der Waals surface area contributed by atoms with Crippen LogP contribution in [0.5, 0.6) is 0 Å². The lowest BCUT2D eigenvalue weighted by atomic mass is 10.0. The third-order valence-electron chi connectivity index (χ3n) is 3.49. The molecule has 3 aromatic rings. The quantitative estimate of drug-likeness (QED) is 0.668. The first kappa shape index (κ1) is 12.5. The Morgan fingerprint density at radius 1 is 1.05 bits per heavy atom. The van der Waals surface area contributed by atoms with Gasteiger partial charge in [0.15, 0.2) is 5.78 Å². The zero-order chi connectivity index (χ0) is 13.9. The Bertz CT molecular complexity index is 763. The van der Waals surface area contributed by atoms with Crippen molar-refractivity contribution in [2.45, 2.75) is 13.3 Å². The predicted molar refractivity (Wildman–Crippen MR) is 81.0 cm³/mol. The van der Waals surface area contributed by atoms with Crippen LogP contribution in [0.25, 0.3) is 10.9 Å². The molecular weight excluding hydrogens is 246 g/mol. The van der Waals surface area contributed by atoms with Crippen molar-refractivity contribution in [3.63, 3.8) is 0 Å². The molecule has 20 heavy (non-hydrogen) atoms. The van der Waals surface area contributed by atoms with E-state index in [0.29, 0.717) is 6.42 Å². The van der Waals surface area contributed by atoms with Gasteiger partial charge in [0.25, 0.3) is 0 Å². The Labute approximate surface area is 118 Å². The number of aryl methyl sites for hydroxylation is 1. The molecule has 0 aliphatic carbocycles. The summed E-state index contributed by atoms with van der Waals surface area (Å²) in [5.74, 6) is 0.137. The smallest absolute Gasteiger partial charge is 0.167 e. The largest absolute Gasteiger partial charge is 0.294 e. The minimum Gasteiger partial charge on any atom is -0.294 e. The minimum absolute atomic E-state index is 0.137. The van der Waals surface area contributed by atoms with Gasteiger partial charge in [-0.05, 0) is 30.2 Å². The molecule has 1 aromatic heterocycles. The average Bonchev–Trinajstić information content (AvgIpc) is 2.48. The van der Waals surface area contributed by atoms with Crippen molar-refractivity contribution in [2.75, 3.05) is 0 Å². The molecule has 0 amide bonds. The van der Waals surface area contributed by atoms with Crippen molar-refractivity contribution in [3.05, 3.63) is 77.5 Å². The van der Waals surface area contributed by atoms with E-state index in [1.807, 2.05) is 54.6 Å². The summed E-state index contributed by atoms with van der Waals surface area (Å²) in [6.45, 7) is 2.07. The first-order chi connectivity index (χ1) is 9.74. The standard InChI is InChI=1S/C18H15NO/c1-13-9-10-19-17-11-14(7-8-16(13)17)12-18(20)15-5-3-2-4-6-15/h2-11H,12H2,1H3. The fourth-order valence-corrected chi connectivity index (χ4v) is 2.36. The van der Waals surface area contributed by atoms with Crippen LogP contribution in [-0.4, -0.2) is 10.8 Å². The molecule has 2 aromatic carbocycles. The Balaban J connectivity index is 1.90. The second-order valence-corrected chi connectivity index (χ2v) is 4.95. The maximum Gasteiger partial charge on any atom is 0.167 e. The zero-order valence-corrected chi connectivity index (χ0v) is 11.3. The van der Waals surface area contributed by atoms with Crippen molar-refractivity contribution >= 4 is 16.7 Å². The van der Waals surface area contributed by atoms with Gasteiger partial charge in [-0.2, -0.15) is 0 Å². The summed E-state index contributed by atoms with van der Waals surface area (Å²) in [7, 11) is 0. The van der Waals surface area contributed by atoms with E-state index in [-0.39, 0.29) is 5.78 Å². The van der Waals surface area contributed by atoms with E-state index in [1.165, 1.54) is 5.56 Å². The molecule has 0 unspecified atom stereocenters. The maximum absolute atomic E-state index is 12.2. The van der Waals surface area contributed by atoms with Crippen molar-refractivity contribution in [2.24, 2.45) is 0 Å². The van der Waals surface area contributed by atoms with Crippen molar-refractivity contribution < 1.29 is 4.79 Å². The summed E-state index contributed by atoms with van der Waals surface area (Å²) in [5, 5.41) is 1.14. The van der Waals surface area contributed by atoms with Crippen LogP contribution in [0.4, 0.5) is 0 Å². The molecule has 2 heteroatoms. The molecule has 0 aliphatic rings. The van der Waals surface area contributed by atoms with Gasteiger partial charge in [0, 0.05) is 23.6 Å². The highest BCUT2D eigenvalue weighted by atomic mass is 16.1. The maximum atomic E-state index is 12.2. The second-order valence-electron chi connectivity index (χ2n) is 4.95. The Hall–Kier alpha value is -2.48. The Morgan fingerprint density at radius 3 is 2.65 bits per heavy atom. The molecule has 0 saturated heterocycles. The van der Waals surface area contributed by atoms with Crippen molar-refractivity contribution in [1.29, 1.82) is 0 Å². The number of pyridine rings is 1. The van der Waals surface area contributed by atoms with Crippen LogP contribution in [0.3, 0.4) is 0 Å². The second kappa shape index (κ2) is 5.25. The Kier molecular flexibility index (Phi) is 3.30. The van der Waals surface area contributed by atoms with Crippen molar-refractivity contribution in [1.82, 2.24) is 4.98 Å². The van der Waals surface area contributed by atoms with Gasteiger partial charge in [0.05, 0.1) is 5.52 Å². The number of rotatable bonds is 3. The number of hydrogen-bond acceptors (Lipinski definition) is 2. The molecule has 98 valence electrons. The van der Waals surface area contributed by atoms with E-state index in [1.54, 1.807) is 6.20 Å². The van der Waals surface area contributed by atoms with Gasteiger partial charge in [-0.25, -0.2) is 0 Å². The summed E-state index contributed by atoms with van der Waals surface area (Å²) < 4.78 is 0. The van der Waals surface area contributed by atoms with E-state index in [4.69, 9.17) is 0 Å². The summed E-state index contributed by atoms with van der Waals surface area (Å²) in [6.07, 6.45) is 2.22. The SMILES string of the molecule is Cc1ccnc2cc(CC(=O)c3ccccc3)ccc12. The highest BCUT2D eigenvalue weighted by molar-refractivity contribution is 5.98. The van der Waals surface area contributed by atoms with Gasteiger partial charge in [-0.1, -0.05) is 42.5 Å². The molecule has 0 fully saturated rings. The number of nitrogens with zero attached hydrogens (tertiary/aromatic N) is 1. The van der Waals surface area contributed by atoms with Crippen molar-refractivity contribution in [3.8, 4) is 0 Å². The molecule has 0 N–H and O–H groups in total. The first-order valence-electron chi connectivity index (χ1n) is 6.66. The molecule has 0 saturated carbocycles. The molecule has 0 spiro atoms. The van der Waals surface area contributed by atoms with Gasteiger partial charge in [-0.15, -0.1) is 0 Å². The van der Waals surface area contributed by atoms with Crippen LogP contribution in [-0.2, 0) is 6.42 Å². The lowest BCUT2D eigenvalue weighted by Crippen LogP contribution is -2.03. The molecule has 1 heterocycles. The number of aromatic nitrogens is 1. The summed E-state index contributed by atoms with van der Waals surface area (Å²) in [5.41, 5.74) is 3.91. The highest BCUT2D eigenvalue weighted by Gasteiger charge is 2.07. The topological polar surface area (TPSA) is 30.0 Å². The lowest BCUT2D eigenvalue weighted by molar-refractivity contribution is 0.0993. The monoisotopic (exact) mass is 261 g/mol. The normalized spacial score (nSPS) is 10.7. The first-order valence-corrected chi connectivity index (χ1v) is 6.66. The van der Waals surface area contributed by atoms with E-state index in [2.05, 4.69) is 11.9 Å². The number of fused-ring (bicyclic) bond motifs is 1. The molecule has 0 atom stereocenters. The number of benzene rings is 2. The fourth-order valence-electron chi connectivity index (χ4n) is 2.36. The summed E-state index contributed by atoms with van der Waals surface area (Å²) in [6, 6.07) is 17.5. The summed E-state index contributed by atoms with van der Waals surface area (Å²) in [4.78, 5) is 16.6. The van der Waals surface area contributed by atoms with Crippen LogP contribution >= 0.6 is 0 Å². The predicted octanol–water partition coefficient (Wildman–Crippen LogP) is 3.97. The van der Waals surface area contributed by atoms with Gasteiger partial charge in [0.1, 0.15) is 0 Å². The molecule has 3 rings (SSSR count). The third kappa shape index (κ3) is 2.45. The van der Waals surface area contributed by atoms with Crippen LogP contribution in [0.2, 0.25) is 0 Å². The highest BCUT2D eigenvalue weighted by Crippen LogP contribution is 2.18. The third-order valence-corrected chi connectivity index (χ3v) is 3.49. The van der Waals surface area contributed by atoms with Gasteiger partial charge in [0.2, 0.25) is 0 Å². The molecule has 0 aliphatic heterocycles. The van der Waals surface area contributed by atoms with Gasteiger partial charge >= 0.3 is 0 Å². The number of Topliss-reactive ketones (excluding diaryl/α,β-unsaturated/α-hetero) is 1. The van der Waals surface area contributed by atoms with E-state index in [0.717, 1.165) is 22.0 Å². The zero-order valence-electron chi connectivity index (χ0n) is 11.3. The van der Waals surface area contributed by atoms with Crippen LogP contribution in [0.1, 0.15) is 21.5 Å². The van der Waals surface area contributed by atoms with Crippen LogP contribution < -0.4 is 0 Å². The van der Waals surface area contributed by atoms with Gasteiger partial charge < -0.3 is 0 Å². The molecule has 2 nitrogen and oxygen atoms in total. The van der Waals surface area contributed by atoms with E-state index >= 15 is 0 Å². The molecule has 0 bridgehead atoms. The molecular formula is C18H15NO. The fraction of sp³-hybridized carbons (Fsp3) is 0.111. The number of ketones is 1. The number of carbonyl (C=O) groups is 1. The van der Waals surface area contributed by atoms with E-state index in [9.17, 15) is 4.79 Å². The lowest BCUT2D eigenvalue weighted by Gasteiger charge is -2.05. The van der Waals surface area contributed by atoms with Crippen LogP contribution in [0.15, 0.2) is 60.8 Å². The van der Waals surface area contributed by atoms with E-state index < -0.39 is 0 Å². The average molecular weight is 261 g/mol. The molecule has 0 radical (unpaired) electrons. The summed E-state index contributed by atoms with van der Waals surface area (Å²) >= 11 is 0. The van der Waals surface area contributed by atoms with Gasteiger partial charge in [-0.3, -0.25) is 9.78 Å².